The second-order valence-electron chi connectivity index (χ2n) is 3.07. The molecular weight excluding hydrogens is 210 g/mol. The van der Waals surface area contributed by atoms with E-state index in [0.29, 0.717) is 0 Å². The van der Waals surface area contributed by atoms with Gasteiger partial charge in [-0.05, 0) is 5.56 Å². The van der Waals surface area contributed by atoms with Gasteiger partial charge in [0, 0.05) is 0 Å². The van der Waals surface area contributed by atoms with E-state index in [9.17, 15) is 9.59 Å². The molecule has 3 amide bonds. The first-order valence-electron chi connectivity index (χ1n) is 4.64. The van der Waals surface area contributed by atoms with Crippen LogP contribution in [-0.4, -0.2) is 28.6 Å². The number of nitrogens with zero attached hydrogens (tertiary/aromatic N) is 1. The van der Waals surface area contributed by atoms with Crippen molar-refractivity contribution < 1.29 is 14.7 Å². The van der Waals surface area contributed by atoms with Gasteiger partial charge in [0.2, 0.25) is 0 Å². The van der Waals surface area contributed by atoms with Crippen LogP contribution in [0.25, 0.3) is 0 Å². The van der Waals surface area contributed by atoms with E-state index in [2.05, 4.69) is 0 Å². The molecule has 0 saturated carbocycles. The minimum absolute atomic E-state index is 0.0727. The first kappa shape index (κ1) is 12.2. The van der Waals surface area contributed by atoms with Gasteiger partial charge in [-0.3, -0.25) is 15.1 Å². The lowest BCUT2D eigenvalue weighted by Gasteiger charge is -2.18. The number of urea groups is 1. The Hall–Kier alpha value is -1.92. The average molecular weight is 223 g/mol. The van der Waals surface area contributed by atoms with Gasteiger partial charge in [0.1, 0.15) is 6.61 Å². The predicted octanol–water partition coefficient (Wildman–Crippen LogP) is -0.409. The molecule has 0 heterocycles. The van der Waals surface area contributed by atoms with Crippen LogP contribution >= 0.6 is 0 Å². The highest BCUT2D eigenvalue weighted by Crippen LogP contribution is 2.04. The highest BCUT2D eigenvalue weighted by molar-refractivity contribution is 5.94. The third-order valence-corrected chi connectivity index (χ3v) is 1.99. The number of carbonyl (C=O) groups excluding carboxylic acids is 2. The molecule has 0 fully saturated rings. The summed E-state index contributed by atoms with van der Waals surface area (Å²) in [6.07, 6.45) is 0. The van der Waals surface area contributed by atoms with E-state index in [4.69, 9.17) is 10.9 Å². The lowest BCUT2D eigenvalue weighted by atomic mass is 10.2. The number of hydrazine groups is 1. The van der Waals surface area contributed by atoms with Crippen molar-refractivity contribution in [1.29, 1.82) is 0 Å². The van der Waals surface area contributed by atoms with Crippen molar-refractivity contribution in [3.05, 3.63) is 35.9 Å². The minimum Gasteiger partial charge on any atom is -0.387 e. The number of benzene rings is 1. The van der Waals surface area contributed by atoms with Gasteiger partial charge in [-0.1, -0.05) is 30.3 Å². The van der Waals surface area contributed by atoms with Crippen molar-refractivity contribution in [1.82, 2.24) is 10.3 Å². The maximum atomic E-state index is 11.3. The third kappa shape index (κ3) is 3.04. The van der Waals surface area contributed by atoms with Crippen molar-refractivity contribution in [3.8, 4) is 0 Å². The summed E-state index contributed by atoms with van der Waals surface area (Å²) in [4.78, 5) is 23.4. The molecule has 0 unspecified atom stereocenters. The Morgan fingerprint density at radius 3 is 2.44 bits per heavy atom. The summed E-state index contributed by atoms with van der Waals surface area (Å²) >= 11 is 0. The number of rotatable bonds is 3. The van der Waals surface area contributed by atoms with Crippen molar-refractivity contribution in [2.45, 2.75) is 6.54 Å². The Kier molecular flexibility index (Phi) is 4.43. The zero-order valence-electron chi connectivity index (χ0n) is 8.59. The van der Waals surface area contributed by atoms with Crippen molar-refractivity contribution >= 4 is 11.9 Å². The molecule has 0 radical (unpaired) electrons. The smallest absolute Gasteiger partial charge is 0.338 e. The van der Waals surface area contributed by atoms with E-state index in [1.807, 2.05) is 11.5 Å². The number of aliphatic hydroxyl groups is 1. The van der Waals surface area contributed by atoms with Crippen LogP contribution in [0.3, 0.4) is 0 Å². The lowest BCUT2D eigenvalue weighted by Crippen LogP contribution is -2.47. The molecule has 1 aromatic rings. The van der Waals surface area contributed by atoms with E-state index < -0.39 is 18.5 Å². The molecule has 6 nitrogen and oxygen atoms in total. The fourth-order valence-electron chi connectivity index (χ4n) is 1.20. The van der Waals surface area contributed by atoms with Crippen LogP contribution in [0.5, 0.6) is 0 Å². The van der Waals surface area contributed by atoms with E-state index in [-0.39, 0.29) is 6.54 Å². The van der Waals surface area contributed by atoms with E-state index in [1.54, 1.807) is 24.3 Å². The summed E-state index contributed by atoms with van der Waals surface area (Å²) in [6, 6.07) is 8.19. The van der Waals surface area contributed by atoms with Crippen molar-refractivity contribution in [3.63, 3.8) is 0 Å². The Morgan fingerprint density at radius 2 is 1.94 bits per heavy atom. The van der Waals surface area contributed by atoms with Gasteiger partial charge in [-0.25, -0.2) is 10.6 Å². The molecule has 0 spiro atoms. The maximum absolute atomic E-state index is 11.3. The largest absolute Gasteiger partial charge is 0.387 e. The lowest BCUT2D eigenvalue weighted by molar-refractivity contribution is -0.131. The quantitative estimate of drug-likeness (QED) is 0.369. The summed E-state index contributed by atoms with van der Waals surface area (Å²) < 4.78 is 0. The molecule has 0 aliphatic rings. The molecule has 0 aromatic heterocycles. The Labute approximate surface area is 92.6 Å². The highest BCUT2D eigenvalue weighted by Gasteiger charge is 2.19. The number of hydrogen-bond acceptors (Lipinski definition) is 4. The second kappa shape index (κ2) is 5.84. The molecule has 4 N–H and O–H groups in total. The summed E-state index contributed by atoms with van der Waals surface area (Å²) in [5.41, 5.74) is 2.63. The van der Waals surface area contributed by atoms with Crippen LogP contribution in [-0.2, 0) is 11.3 Å². The molecule has 0 atom stereocenters. The summed E-state index contributed by atoms with van der Waals surface area (Å²) in [7, 11) is 0. The van der Waals surface area contributed by atoms with E-state index >= 15 is 0 Å². The fourth-order valence-corrected chi connectivity index (χ4v) is 1.20. The zero-order valence-corrected chi connectivity index (χ0v) is 8.59. The first-order valence-corrected chi connectivity index (χ1v) is 4.64. The molecule has 1 aromatic carbocycles. The minimum atomic E-state index is -0.747. The molecule has 0 aliphatic carbocycles. The Balaban J connectivity index is 2.79. The number of amides is 3. The molecule has 6 heteroatoms. The molecular formula is C10H13N3O3. The van der Waals surface area contributed by atoms with Gasteiger partial charge in [-0.2, -0.15) is 0 Å². The third-order valence-electron chi connectivity index (χ3n) is 1.99. The fraction of sp³-hybridized carbons (Fsp3) is 0.200. The zero-order chi connectivity index (χ0) is 12.0. The molecule has 1 rings (SSSR count). The van der Waals surface area contributed by atoms with Crippen LogP contribution in [0, 0.1) is 0 Å². The summed E-state index contributed by atoms with van der Waals surface area (Å²) in [5.74, 6) is 4.24. The van der Waals surface area contributed by atoms with Crippen LogP contribution in [0.4, 0.5) is 4.79 Å². The van der Waals surface area contributed by atoms with Gasteiger partial charge in [0.05, 0.1) is 6.54 Å². The second-order valence-corrected chi connectivity index (χ2v) is 3.07. The number of aliphatic hydroxyl groups excluding tert-OH is 1. The summed E-state index contributed by atoms with van der Waals surface area (Å²) in [6.45, 7) is -0.663. The SMILES string of the molecule is NNC(=O)N(Cc1ccccc1)C(=O)CO. The van der Waals surface area contributed by atoms with Crippen LogP contribution in [0.15, 0.2) is 30.3 Å². The van der Waals surface area contributed by atoms with E-state index in [1.165, 1.54) is 0 Å². The normalized spacial score (nSPS) is 9.62. The van der Waals surface area contributed by atoms with Crippen LogP contribution < -0.4 is 11.3 Å². The number of imide groups is 1. The monoisotopic (exact) mass is 223 g/mol. The topological polar surface area (TPSA) is 95.7 Å². The maximum Gasteiger partial charge on any atom is 0.338 e. The van der Waals surface area contributed by atoms with E-state index in [0.717, 1.165) is 10.5 Å². The summed E-state index contributed by atoms with van der Waals surface area (Å²) in [5, 5.41) is 8.72. The molecule has 16 heavy (non-hydrogen) atoms. The van der Waals surface area contributed by atoms with Gasteiger partial charge in [-0.15, -0.1) is 0 Å². The van der Waals surface area contributed by atoms with Crippen LogP contribution in [0.2, 0.25) is 0 Å². The Morgan fingerprint density at radius 1 is 1.31 bits per heavy atom. The molecule has 0 aliphatic heterocycles. The van der Waals surface area contributed by atoms with Gasteiger partial charge >= 0.3 is 6.03 Å². The van der Waals surface area contributed by atoms with Crippen molar-refractivity contribution in [2.24, 2.45) is 5.84 Å². The average Bonchev–Trinajstić information content (AvgIpc) is 2.35. The van der Waals surface area contributed by atoms with Gasteiger partial charge < -0.3 is 5.11 Å². The molecule has 0 saturated heterocycles. The molecule has 86 valence electrons. The number of carbonyl (C=O) groups is 2. The predicted molar refractivity (Wildman–Crippen MR) is 56.8 cm³/mol. The van der Waals surface area contributed by atoms with Gasteiger partial charge in [0.25, 0.3) is 5.91 Å². The van der Waals surface area contributed by atoms with Crippen molar-refractivity contribution in [2.75, 3.05) is 6.61 Å². The standard InChI is InChI=1S/C10H13N3O3/c11-12-10(16)13(9(15)7-14)6-8-4-2-1-3-5-8/h1-5,14H,6-7,11H2,(H,12,16). The molecule has 0 bridgehead atoms. The van der Waals surface area contributed by atoms with Gasteiger partial charge in [0.15, 0.2) is 0 Å². The number of hydrogen-bond donors (Lipinski definition) is 3. The Bertz CT molecular complexity index is 351. The number of nitrogens with one attached hydrogen (secondary N) is 1. The first-order chi connectivity index (χ1) is 7.69. The van der Waals surface area contributed by atoms with Crippen LogP contribution in [0.1, 0.15) is 5.56 Å². The highest BCUT2D eigenvalue weighted by atomic mass is 16.3. The number of nitrogens with two attached hydrogens (primary N) is 1.